The molecule has 0 saturated carbocycles. The fourth-order valence-corrected chi connectivity index (χ4v) is 5.01. The molecule has 2 heterocycles. The lowest BCUT2D eigenvalue weighted by Crippen LogP contribution is -2.46. The van der Waals surface area contributed by atoms with Crippen LogP contribution in [0.4, 0.5) is 0 Å². The maximum absolute atomic E-state index is 12.8. The van der Waals surface area contributed by atoms with Crippen LogP contribution in [0.25, 0.3) is 11.0 Å². The molecule has 29 heavy (non-hydrogen) atoms. The van der Waals surface area contributed by atoms with Gasteiger partial charge in [0.2, 0.25) is 10.0 Å². The van der Waals surface area contributed by atoms with E-state index < -0.39 is 10.0 Å². The van der Waals surface area contributed by atoms with Crippen molar-refractivity contribution in [3.63, 3.8) is 0 Å². The zero-order valence-electron chi connectivity index (χ0n) is 16.5. The molecule has 7 nitrogen and oxygen atoms in total. The Kier molecular flexibility index (Phi) is 5.14. The number of H-pyrrole nitrogens is 1. The summed E-state index contributed by atoms with van der Waals surface area (Å²) in [6.45, 7) is 4.88. The molecule has 152 valence electrons. The van der Waals surface area contributed by atoms with Crippen LogP contribution in [-0.4, -0.2) is 48.3 Å². The van der Waals surface area contributed by atoms with Crippen LogP contribution in [0.15, 0.2) is 47.6 Å². The highest BCUT2D eigenvalue weighted by Gasteiger charge is 2.27. The van der Waals surface area contributed by atoms with Gasteiger partial charge in [-0.3, -0.25) is 4.79 Å². The lowest BCUT2D eigenvalue weighted by molar-refractivity contribution is 0.0711. The zero-order chi connectivity index (χ0) is 20.6. The molecule has 0 atom stereocenters. The standard InChI is InChI=1S/C21H24N4O3S/c1-14-3-5-18(11-15(14)2)29(27,28)24-17-7-9-25(10-8-17)21(26)16-4-6-19-20(12-16)23-13-22-19/h3-6,11-13,17,24H,7-10H2,1-2H3,(H,22,23). The number of aryl methyl sites for hydroxylation is 2. The Bertz CT molecular complexity index is 1160. The second-order valence-electron chi connectivity index (χ2n) is 7.57. The summed E-state index contributed by atoms with van der Waals surface area (Å²) in [6, 6.07) is 10.4. The van der Waals surface area contributed by atoms with Gasteiger partial charge in [0.25, 0.3) is 5.91 Å². The van der Waals surface area contributed by atoms with Gasteiger partial charge in [-0.15, -0.1) is 0 Å². The van der Waals surface area contributed by atoms with Crippen LogP contribution in [0.5, 0.6) is 0 Å². The van der Waals surface area contributed by atoms with Crippen LogP contribution in [0, 0.1) is 13.8 Å². The molecule has 1 amide bonds. The number of benzene rings is 2. The summed E-state index contributed by atoms with van der Waals surface area (Å²) in [5.41, 5.74) is 4.26. The molecule has 0 radical (unpaired) electrons. The highest BCUT2D eigenvalue weighted by molar-refractivity contribution is 7.89. The number of rotatable bonds is 4. The number of fused-ring (bicyclic) bond motifs is 1. The quantitative estimate of drug-likeness (QED) is 0.689. The second kappa shape index (κ2) is 7.61. The van der Waals surface area contributed by atoms with E-state index in [-0.39, 0.29) is 16.8 Å². The van der Waals surface area contributed by atoms with Gasteiger partial charge in [-0.2, -0.15) is 0 Å². The predicted molar refractivity (Wildman–Crippen MR) is 111 cm³/mol. The van der Waals surface area contributed by atoms with E-state index in [4.69, 9.17) is 0 Å². The number of hydrogen-bond acceptors (Lipinski definition) is 4. The Balaban J connectivity index is 1.39. The van der Waals surface area contributed by atoms with E-state index in [1.165, 1.54) is 0 Å². The summed E-state index contributed by atoms with van der Waals surface area (Å²) < 4.78 is 28.2. The van der Waals surface area contributed by atoms with E-state index >= 15 is 0 Å². The Hall–Kier alpha value is -2.71. The predicted octanol–water partition coefficient (Wildman–Crippen LogP) is 2.76. The van der Waals surface area contributed by atoms with Crippen molar-refractivity contribution >= 4 is 27.0 Å². The van der Waals surface area contributed by atoms with E-state index in [9.17, 15) is 13.2 Å². The maximum atomic E-state index is 12.8. The minimum absolute atomic E-state index is 0.0445. The van der Waals surface area contributed by atoms with Crippen molar-refractivity contribution in [2.24, 2.45) is 0 Å². The van der Waals surface area contributed by atoms with Crippen LogP contribution >= 0.6 is 0 Å². The molecule has 3 aromatic rings. The maximum Gasteiger partial charge on any atom is 0.253 e. The van der Waals surface area contributed by atoms with Gasteiger partial charge in [-0.05, 0) is 68.1 Å². The first-order chi connectivity index (χ1) is 13.8. The first-order valence-corrected chi connectivity index (χ1v) is 11.1. The van der Waals surface area contributed by atoms with Crippen molar-refractivity contribution in [3.8, 4) is 0 Å². The number of nitrogens with one attached hydrogen (secondary N) is 2. The Morgan fingerprint density at radius 1 is 1.10 bits per heavy atom. The van der Waals surface area contributed by atoms with Crippen LogP contribution in [0.2, 0.25) is 0 Å². The molecule has 1 fully saturated rings. The van der Waals surface area contributed by atoms with Gasteiger partial charge in [0.05, 0.1) is 22.3 Å². The third kappa shape index (κ3) is 4.04. The number of carbonyl (C=O) groups is 1. The molecule has 0 aliphatic carbocycles. The number of nitrogens with zero attached hydrogens (tertiary/aromatic N) is 2. The lowest BCUT2D eigenvalue weighted by atomic mass is 10.0. The van der Waals surface area contributed by atoms with Gasteiger partial charge in [0.1, 0.15) is 0 Å². The number of amides is 1. The van der Waals surface area contributed by atoms with Gasteiger partial charge in [-0.25, -0.2) is 18.1 Å². The summed E-state index contributed by atoms with van der Waals surface area (Å²) in [4.78, 5) is 22.0. The largest absolute Gasteiger partial charge is 0.345 e. The topological polar surface area (TPSA) is 95.2 Å². The molecule has 0 unspecified atom stereocenters. The van der Waals surface area contributed by atoms with Gasteiger partial charge in [0, 0.05) is 24.7 Å². The van der Waals surface area contributed by atoms with E-state index in [0.717, 1.165) is 22.2 Å². The fraction of sp³-hybridized carbons (Fsp3) is 0.333. The smallest absolute Gasteiger partial charge is 0.253 e. The van der Waals surface area contributed by atoms with E-state index in [0.29, 0.717) is 31.5 Å². The van der Waals surface area contributed by atoms with Gasteiger partial charge in [-0.1, -0.05) is 6.07 Å². The van der Waals surface area contributed by atoms with Gasteiger partial charge >= 0.3 is 0 Å². The number of imidazole rings is 1. The van der Waals surface area contributed by atoms with Crippen molar-refractivity contribution in [1.29, 1.82) is 0 Å². The molecule has 0 bridgehead atoms. The number of aromatic amines is 1. The molecule has 1 aliphatic heterocycles. The molecule has 1 saturated heterocycles. The molecule has 2 N–H and O–H groups in total. The van der Waals surface area contributed by atoms with E-state index in [2.05, 4.69) is 14.7 Å². The Morgan fingerprint density at radius 2 is 1.86 bits per heavy atom. The summed E-state index contributed by atoms with van der Waals surface area (Å²) in [7, 11) is -3.57. The molecular formula is C21H24N4O3S. The minimum atomic E-state index is -3.57. The average molecular weight is 413 g/mol. The number of aromatic nitrogens is 2. The minimum Gasteiger partial charge on any atom is -0.345 e. The molecule has 1 aliphatic rings. The second-order valence-corrected chi connectivity index (χ2v) is 9.28. The summed E-state index contributed by atoms with van der Waals surface area (Å²) in [5.74, 6) is -0.0445. The van der Waals surface area contributed by atoms with Crippen molar-refractivity contribution in [2.75, 3.05) is 13.1 Å². The van der Waals surface area contributed by atoms with Crippen LogP contribution in [0.1, 0.15) is 34.3 Å². The van der Waals surface area contributed by atoms with Crippen LogP contribution < -0.4 is 4.72 Å². The Labute approximate surface area is 170 Å². The zero-order valence-corrected chi connectivity index (χ0v) is 17.3. The van der Waals surface area contributed by atoms with Gasteiger partial charge < -0.3 is 9.88 Å². The van der Waals surface area contributed by atoms with Crippen molar-refractivity contribution in [2.45, 2.75) is 37.6 Å². The first-order valence-electron chi connectivity index (χ1n) is 9.65. The van der Waals surface area contributed by atoms with Gasteiger partial charge in [0.15, 0.2) is 0 Å². The third-order valence-electron chi connectivity index (χ3n) is 5.56. The molecule has 8 heteroatoms. The lowest BCUT2D eigenvalue weighted by Gasteiger charge is -2.32. The van der Waals surface area contributed by atoms with E-state index in [1.54, 1.807) is 35.5 Å². The molecular weight excluding hydrogens is 388 g/mol. The Morgan fingerprint density at radius 3 is 2.59 bits per heavy atom. The van der Waals surface area contributed by atoms with Crippen LogP contribution in [-0.2, 0) is 10.0 Å². The third-order valence-corrected chi connectivity index (χ3v) is 7.08. The van der Waals surface area contributed by atoms with E-state index in [1.807, 2.05) is 26.0 Å². The molecule has 1 aromatic heterocycles. The first kappa shape index (κ1) is 19.6. The number of likely N-dealkylation sites (tertiary alicyclic amines) is 1. The normalized spacial score (nSPS) is 15.7. The highest BCUT2D eigenvalue weighted by atomic mass is 32.2. The fourth-order valence-electron chi connectivity index (χ4n) is 3.62. The number of piperidine rings is 1. The van der Waals surface area contributed by atoms with Crippen molar-refractivity contribution in [3.05, 3.63) is 59.4 Å². The highest BCUT2D eigenvalue weighted by Crippen LogP contribution is 2.20. The number of hydrogen-bond donors (Lipinski definition) is 2. The van der Waals surface area contributed by atoms with Crippen molar-refractivity contribution in [1.82, 2.24) is 19.6 Å². The summed E-state index contributed by atoms with van der Waals surface area (Å²) >= 11 is 0. The van der Waals surface area contributed by atoms with Crippen molar-refractivity contribution < 1.29 is 13.2 Å². The summed E-state index contributed by atoms with van der Waals surface area (Å²) in [5, 5.41) is 0. The summed E-state index contributed by atoms with van der Waals surface area (Å²) in [6.07, 6.45) is 2.77. The molecule has 4 rings (SSSR count). The van der Waals surface area contributed by atoms with Crippen LogP contribution in [0.3, 0.4) is 0 Å². The number of sulfonamides is 1. The molecule has 2 aromatic carbocycles. The number of carbonyl (C=O) groups excluding carboxylic acids is 1. The SMILES string of the molecule is Cc1ccc(S(=O)(=O)NC2CCN(C(=O)c3ccc4nc[nH]c4c3)CC2)cc1C. The molecule has 0 spiro atoms. The monoisotopic (exact) mass is 412 g/mol. The average Bonchev–Trinajstić information content (AvgIpc) is 3.17.